The highest BCUT2D eigenvalue weighted by Gasteiger charge is 2.10. The average molecular weight is 325 g/mol. The zero-order chi connectivity index (χ0) is 14.3. The van der Waals surface area contributed by atoms with Gasteiger partial charge in [-0.1, -0.05) is 15.9 Å². The molecule has 4 nitrogen and oxygen atoms in total. The van der Waals surface area contributed by atoms with E-state index in [2.05, 4.69) is 15.9 Å². The molecule has 0 aliphatic heterocycles. The minimum absolute atomic E-state index is 0.00415. The number of carbonyl (C=O) groups excluding carboxylic acids is 1. The van der Waals surface area contributed by atoms with E-state index >= 15 is 0 Å². The van der Waals surface area contributed by atoms with Crippen LogP contribution in [0.4, 0.5) is 0 Å². The van der Waals surface area contributed by atoms with Crippen LogP contribution in [0.25, 0.3) is 0 Å². The molecule has 0 atom stereocenters. The Bertz CT molecular complexity index is 483. The van der Waals surface area contributed by atoms with Gasteiger partial charge in [-0.15, -0.1) is 0 Å². The predicted molar refractivity (Wildman–Crippen MR) is 76.9 cm³/mol. The van der Waals surface area contributed by atoms with Crippen molar-refractivity contribution in [3.8, 4) is 11.8 Å². The van der Waals surface area contributed by atoms with Crippen LogP contribution in [0.5, 0.6) is 5.75 Å². The van der Waals surface area contributed by atoms with E-state index in [0.29, 0.717) is 6.54 Å². The molecule has 0 unspecified atom stereocenters. The molecule has 19 heavy (non-hydrogen) atoms. The summed E-state index contributed by atoms with van der Waals surface area (Å²) in [4.78, 5) is 13.3. The Morgan fingerprint density at radius 2 is 2.26 bits per heavy atom. The number of halogens is 1. The Kier molecular flexibility index (Phi) is 6.37. The lowest BCUT2D eigenvalue weighted by Crippen LogP contribution is -2.28. The molecular formula is C14H17BrN2O2. The summed E-state index contributed by atoms with van der Waals surface area (Å²) in [6, 6.07) is 7.79. The summed E-state index contributed by atoms with van der Waals surface area (Å²) >= 11 is 3.42. The van der Waals surface area contributed by atoms with Gasteiger partial charge in [0.05, 0.1) is 13.2 Å². The Morgan fingerprint density at radius 3 is 2.89 bits per heavy atom. The standard InChI is InChI=1S/C14H17BrN2O2/c1-17(14(18)4-3-8-16)9-7-11-10-12(15)5-6-13(11)19-2/h5-6,10H,3-4,7,9H2,1-2H3. The first kappa shape index (κ1) is 15.5. The normalized spacial score (nSPS) is 9.79. The smallest absolute Gasteiger partial charge is 0.223 e. The molecule has 5 heteroatoms. The zero-order valence-corrected chi connectivity index (χ0v) is 12.7. The van der Waals surface area contributed by atoms with E-state index in [4.69, 9.17) is 10.00 Å². The van der Waals surface area contributed by atoms with Gasteiger partial charge in [0.15, 0.2) is 0 Å². The van der Waals surface area contributed by atoms with E-state index in [1.54, 1.807) is 19.1 Å². The molecule has 0 heterocycles. The van der Waals surface area contributed by atoms with E-state index in [1.807, 2.05) is 24.3 Å². The molecular weight excluding hydrogens is 308 g/mol. The van der Waals surface area contributed by atoms with Crippen LogP contribution < -0.4 is 4.74 Å². The van der Waals surface area contributed by atoms with Crippen molar-refractivity contribution in [1.82, 2.24) is 4.90 Å². The highest BCUT2D eigenvalue weighted by molar-refractivity contribution is 9.10. The number of methoxy groups -OCH3 is 1. The Labute approximate surface area is 122 Å². The summed E-state index contributed by atoms with van der Waals surface area (Å²) in [6.07, 6.45) is 1.27. The molecule has 0 bridgehead atoms. The minimum atomic E-state index is -0.00415. The first-order valence-electron chi connectivity index (χ1n) is 6.01. The second-order valence-corrected chi connectivity index (χ2v) is 5.10. The molecule has 0 aliphatic carbocycles. The van der Waals surface area contributed by atoms with E-state index in [0.717, 1.165) is 22.2 Å². The van der Waals surface area contributed by atoms with Crippen LogP contribution in [0.1, 0.15) is 18.4 Å². The van der Waals surface area contributed by atoms with Crippen LogP contribution in [-0.2, 0) is 11.2 Å². The van der Waals surface area contributed by atoms with Crippen LogP contribution >= 0.6 is 15.9 Å². The second kappa shape index (κ2) is 7.80. The van der Waals surface area contributed by atoms with E-state index in [1.165, 1.54) is 0 Å². The summed E-state index contributed by atoms with van der Waals surface area (Å²) in [5.41, 5.74) is 1.05. The molecule has 0 N–H and O–H groups in total. The van der Waals surface area contributed by atoms with Gasteiger partial charge in [0.1, 0.15) is 5.75 Å². The highest BCUT2D eigenvalue weighted by Crippen LogP contribution is 2.23. The molecule has 0 spiro atoms. The number of hydrogen-bond donors (Lipinski definition) is 0. The highest BCUT2D eigenvalue weighted by atomic mass is 79.9. The van der Waals surface area contributed by atoms with Crippen molar-refractivity contribution in [2.45, 2.75) is 19.3 Å². The molecule has 1 aromatic carbocycles. The Morgan fingerprint density at radius 1 is 1.53 bits per heavy atom. The lowest BCUT2D eigenvalue weighted by molar-refractivity contribution is -0.129. The third kappa shape index (κ3) is 4.92. The monoisotopic (exact) mass is 324 g/mol. The fourth-order valence-electron chi connectivity index (χ4n) is 1.71. The number of hydrogen-bond acceptors (Lipinski definition) is 3. The lowest BCUT2D eigenvalue weighted by atomic mass is 10.1. The first-order valence-corrected chi connectivity index (χ1v) is 6.81. The fourth-order valence-corrected chi connectivity index (χ4v) is 2.12. The van der Waals surface area contributed by atoms with Gasteiger partial charge in [-0.2, -0.15) is 5.26 Å². The van der Waals surface area contributed by atoms with Crippen LogP contribution in [0.2, 0.25) is 0 Å². The van der Waals surface area contributed by atoms with Crippen molar-refractivity contribution in [2.75, 3.05) is 20.7 Å². The van der Waals surface area contributed by atoms with Gasteiger partial charge in [-0.25, -0.2) is 0 Å². The third-order valence-electron chi connectivity index (χ3n) is 2.84. The summed E-state index contributed by atoms with van der Waals surface area (Å²) in [5, 5.41) is 8.46. The quantitative estimate of drug-likeness (QED) is 0.808. The van der Waals surface area contributed by atoms with Gasteiger partial charge >= 0.3 is 0 Å². The molecule has 0 aliphatic rings. The van der Waals surface area contributed by atoms with Gasteiger partial charge in [-0.05, 0) is 30.2 Å². The Balaban J connectivity index is 2.59. The first-order chi connectivity index (χ1) is 9.08. The summed E-state index contributed by atoms with van der Waals surface area (Å²) in [6.45, 7) is 0.608. The number of rotatable bonds is 6. The van der Waals surface area contributed by atoms with Crippen molar-refractivity contribution >= 4 is 21.8 Å². The van der Waals surface area contributed by atoms with Crippen molar-refractivity contribution < 1.29 is 9.53 Å². The van der Waals surface area contributed by atoms with E-state index in [9.17, 15) is 4.79 Å². The molecule has 0 fully saturated rings. The molecule has 1 rings (SSSR count). The van der Waals surface area contributed by atoms with Gasteiger partial charge in [0.25, 0.3) is 0 Å². The molecule has 0 radical (unpaired) electrons. The number of nitrogens with zero attached hydrogens (tertiary/aromatic N) is 2. The van der Waals surface area contributed by atoms with Gasteiger partial charge in [0.2, 0.25) is 5.91 Å². The van der Waals surface area contributed by atoms with Gasteiger partial charge < -0.3 is 9.64 Å². The van der Waals surface area contributed by atoms with E-state index < -0.39 is 0 Å². The maximum atomic E-state index is 11.7. The number of carbonyl (C=O) groups is 1. The van der Waals surface area contributed by atoms with Crippen LogP contribution in [0.3, 0.4) is 0 Å². The number of ether oxygens (including phenoxy) is 1. The topological polar surface area (TPSA) is 53.3 Å². The molecule has 0 aromatic heterocycles. The van der Waals surface area contributed by atoms with Gasteiger partial charge in [0, 0.05) is 30.9 Å². The van der Waals surface area contributed by atoms with Crippen molar-refractivity contribution in [3.05, 3.63) is 28.2 Å². The molecule has 102 valence electrons. The summed E-state index contributed by atoms with van der Waals surface area (Å²) in [5.74, 6) is 0.816. The summed E-state index contributed by atoms with van der Waals surface area (Å²) < 4.78 is 6.28. The zero-order valence-electron chi connectivity index (χ0n) is 11.1. The minimum Gasteiger partial charge on any atom is -0.496 e. The molecule has 1 aromatic rings. The van der Waals surface area contributed by atoms with Gasteiger partial charge in [-0.3, -0.25) is 4.79 Å². The third-order valence-corrected chi connectivity index (χ3v) is 3.33. The number of amides is 1. The van der Waals surface area contributed by atoms with Crippen LogP contribution in [0.15, 0.2) is 22.7 Å². The fraction of sp³-hybridized carbons (Fsp3) is 0.429. The lowest BCUT2D eigenvalue weighted by Gasteiger charge is -2.17. The van der Waals surface area contributed by atoms with Crippen molar-refractivity contribution in [3.63, 3.8) is 0 Å². The maximum absolute atomic E-state index is 11.7. The second-order valence-electron chi connectivity index (χ2n) is 4.18. The molecule has 1 amide bonds. The average Bonchev–Trinajstić information content (AvgIpc) is 2.42. The number of nitriles is 1. The maximum Gasteiger partial charge on any atom is 0.223 e. The SMILES string of the molecule is COc1ccc(Br)cc1CCN(C)C(=O)CCC#N. The van der Waals surface area contributed by atoms with Crippen molar-refractivity contribution in [1.29, 1.82) is 5.26 Å². The van der Waals surface area contributed by atoms with Crippen molar-refractivity contribution in [2.24, 2.45) is 0 Å². The number of benzene rings is 1. The molecule has 0 saturated carbocycles. The largest absolute Gasteiger partial charge is 0.496 e. The van der Waals surface area contributed by atoms with E-state index in [-0.39, 0.29) is 18.7 Å². The molecule has 0 saturated heterocycles. The Hall–Kier alpha value is -1.54. The van der Waals surface area contributed by atoms with Crippen LogP contribution in [0, 0.1) is 11.3 Å². The predicted octanol–water partition coefficient (Wildman–Crippen LogP) is 2.76. The summed E-state index contributed by atoms with van der Waals surface area (Å²) in [7, 11) is 3.39. The van der Waals surface area contributed by atoms with Crippen LogP contribution in [-0.4, -0.2) is 31.5 Å². The number of likely N-dealkylation sites (N-methyl/N-ethyl adjacent to an activating group) is 1.